The van der Waals surface area contributed by atoms with E-state index in [1.54, 1.807) is 30.3 Å². The van der Waals surface area contributed by atoms with E-state index in [9.17, 15) is 14.4 Å². The Morgan fingerprint density at radius 1 is 1.03 bits per heavy atom. The van der Waals surface area contributed by atoms with E-state index in [4.69, 9.17) is 20.9 Å². The van der Waals surface area contributed by atoms with Crippen LogP contribution in [0.3, 0.4) is 0 Å². The van der Waals surface area contributed by atoms with Crippen molar-refractivity contribution in [2.24, 2.45) is 5.73 Å². The van der Waals surface area contributed by atoms with E-state index >= 15 is 0 Å². The number of amides is 3. The van der Waals surface area contributed by atoms with E-state index < -0.39 is 23.8 Å². The van der Waals surface area contributed by atoms with Crippen molar-refractivity contribution < 1.29 is 23.9 Å². The van der Waals surface area contributed by atoms with Crippen LogP contribution in [0.25, 0.3) is 0 Å². The second-order valence-electron chi connectivity index (χ2n) is 6.51. The molecular formula is C21H23N3O5. The van der Waals surface area contributed by atoms with E-state index in [2.05, 4.69) is 0 Å². The number of nitrogens with zero attached hydrogens (tertiary/aromatic N) is 1. The maximum Gasteiger partial charge on any atom is 0.264 e. The molecule has 0 bridgehead atoms. The third-order valence-electron chi connectivity index (χ3n) is 4.64. The van der Waals surface area contributed by atoms with Gasteiger partial charge in [0, 0.05) is 5.69 Å². The number of hydrogen-bond donors (Lipinski definition) is 2. The molecule has 29 heavy (non-hydrogen) atoms. The van der Waals surface area contributed by atoms with E-state index in [0.29, 0.717) is 30.3 Å². The molecule has 2 aromatic carbocycles. The van der Waals surface area contributed by atoms with Crippen LogP contribution in [0.2, 0.25) is 0 Å². The number of benzene rings is 2. The summed E-state index contributed by atoms with van der Waals surface area (Å²) in [5.74, 6) is -0.733. The van der Waals surface area contributed by atoms with Crippen molar-refractivity contribution in [2.45, 2.75) is 26.3 Å². The molecule has 0 aromatic heterocycles. The van der Waals surface area contributed by atoms with Gasteiger partial charge in [0.2, 0.25) is 5.91 Å². The fourth-order valence-corrected chi connectivity index (χ4v) is 3.44. The van der Waals surface area contributed by atoms with Crippen molar-refractivity contribution in [2.75, 3.05) is 18.9 Å². The van der Waals surface area contributed by atoms with Crippen molar-refractivity contribution >= 4 is 23.4 Å². The van der Waals surface area contributed by atoms with E-state index in [-0.39, 0.29) is 23.2 Å². The minimum absolute atomic E-state index is 0.142. The number of fused-ring (bicyclic) bond motifs is 1. The van der Waals surface area contributed by atoms with Gasteiger partial charge >= 0.3 is 0 Å². The molecule has 1 aliphatic rings. The minimum Gasteiger partial charge on any atom is -0.490 e. The lowest BCUT2D eigenvalue weighted by Crippen LogP contribution is -2.36. The Morgan fingerprint density at radius 3 is 2.34 bits per heavy atom. The summed E-state index contributed by atoms with van der Waals surface area (Å²) in [5, 5.41) is 0. The summed E-state index contributed by atoms with van der Waals surface area (Å²) in [5.41, 5.74) is 12.4. The highest BCUT2D eigenvalue weighted by molar-refractivity contribution is 6.23. The molecule has 3 amide bonds. The third kappa shape index (κ3) is 3.73. The summed E-state index contributed by atoms with van der Waals surface area (Å²) < 4.78 is 11.2. The predicted octanol–water partition coefficient (Wildman–Crippen LogP) is 2.28. The molecule has 8 nitrogen and oxygen atoms in total. The summed E-state index contributed by atoms with van der Waals surface area (Å²) in [7, 11) is 0. The molecule has 152 valence electrons. The van der Waals surface area contributed by atoms with Gasteiger partial charge in [-0.2, -0.15) is 0 Å². The number of ether oxygens (including phenoxy) is 2. The summed E-state index contributed by atoms with van der Waals surface area (Å²) >= 11 is 0. The van der Waals surface area contributed by atoms with Gasteiger partial charge in [0.25, 0.3) is 11.8 Å². The highest BCUT2D eigenvalue weighted by Crippen LogP contribution is 2.38. The predicted molar refractivity (Wildman–Crippen MR) is 107 cm³/mol. The van der Waals surface area contributed by atoms with Gasteiger partial charge in [0.15, 0.2) is 11.5 Å². The molecule has 1 unspecified atom stereocenters. The first-order chi connectivity index (χ1) is 13.9. The molecule has 0 aliphatic carbocycles. The van der Waals surface area contributed by atoms with E-state index in [0.717, 1.165) is 4.90 Å². The fraction of sp³-hybridized carbons (Fsp3) is 0.286. The Bertz CT molecular complexity index is 973. The number of nitrogens with two attached hydrogens (primary N) is 2. The number of primary amides is 1. The number of imide groups is 1. The fourth-order valence-electron chi connectivity index (χ4n) is 3.44. The van der Waals surface area contributed by atoms with Gasteiger partial charge in [0.1, 0.15) is 0 Å². The van der Waals surface area contributed by atoms with Crippen molar-refractivity contribution in [1.82, 2.24) is 4.90 Å². The standard InChI is InChI=1S/C21H23N3O5/c1-3-28-16-9-8-12(10-17(16)29-4-2)15(11-18(23)25)24-20(26)13-6-5-7-14(22)19(13)21(24)27/h5-10,15H,3-4,11,22H2,1-2H3,(H2,23,25). The number of anilines is 1. The van der Waals surface area contributed by atoms with Gasteiger partial charge in [-0.3, -0.25) is 19.3 Å². The van der Waals surface area contributed by atoms with Crippen LogP contribution in [0, 0.1) is 0 Å². The lowest BCUT2D eigenvalue weighted by atomic mass is 10.0. The Kier molecular flexibility index (Phi) is 5.72. The molecule has 0 saturated heterocycles. The van der Waals surface area contributed by atoms with Crippen molar-refractivity contribution in [3.05, 3.63) is 53.1 Å². The highest BCUT2D eigenvalue weighted by Gasteiger charge is 2.42. The van der Waals surface area contributed by atoms with E-state index in [1.165, 1.54) is 6.07 Å². The van der Waals surface area contributed by atoms with Gasteiger partial charge in [-0.1, -0.05) is 12.1 Å². The number of rotatable bonds is 8. The molecule has 3 rings (SSSR count). The Morgan fingerprint density at radius 2 is 1.72 bits per heavy atom. The third-order valence-corrected chi connectivity index (χ3v) is 4.64. The summed E-state index contributed by atoms with van der Waals surface area (Å²) in [6, 6.07) is 8.84. The average Bonchev–Trinajstić information content (AvgIpc) is 2.93. The Hall–Kier alpha value is -3.55. The van der Waals surface area contributed by atoms with Gasteiger partial charge in [0.05, 0.1) is 36.8 Å². The molecular weight excluding hydrogens is 374 g/mol. The molecule has 0 radical (unpaired) electrons. The average molecular weight is 397 g/mol. The van der Waals surface area contributed by atoms with Gasteiger partial charge in [-0.25, -0.2) is 0 Å². The largest absolute Gasteiger partial charge is 0.490 e. The monoisotopic (exact) mass is 397 g/mol. The lowest BCUT2D eigenvalue weighted by Gasteiger charge is -2.26. The molecule has 0 spiro atoms. The maximum atomic E-state index is 13.0. The normalized spacial score (nSPS) is 13.9. The molecule has 8 heteroatoms. The zero-order valence-electron chi connectivity index (χ0n) is 16.3. The first-order valence-corrected chi connectivity index (χ1v) is 9.33. The number of hydrogen-bond acceptors (Lipinski definition) is 6. The lowest BCUT2D eigenvalue weighted by molar-refractivity contribution is -0.118. The Balaban J connectivity index is 2.07. The van der Waals surface area contributed by atoms with Crippen molar-refractivity contribution in [3.8, 4) is 11.5 Å². The van der Waals surface area contributed by atoms with Crippen LogP contribution in [0.1, 0.15) is 52.6 Å². The SMILES string of the molecule is CCOc1ccc(C(CC(N)=O)N2C(=O)c3cccc(N)c3C2=O)cc1OCC. The molecule has 1 atom stereocenters. The topological polar surface area (TPSA) is 125 Å². The molecule has 0 saturated carbocycles. The molecule has 1 heterocycles. The number of carbonyl (C=O) groups is 3. The van der Waals surface area contributed by atoms with Gasteiger partial charge in [-0.05, 0) is 43.7 Å². The number of nitrogen functional groups attached to an aromatic ring is 1. The maximum absolute atomic E-state index is 13.0. The Labute approximate surface area is 168 Å². The zero-order chi connectivity index (χ0) is 21.1. The smallest absolute Gasteiger partial charge is 0.264 e. The van der Waals surface area contributed by atoms with Crippen LogP contribution in [0.15, 0.2) is 36.4 Å². The quantitative estimate of drug-likeness (QED) is 0.520. The summed E-state index contributed by atoms with van der Waals surface area (Å²) in [6.45, 7) is 4.52. The highest BCUT2D eigenvalue weighted by atomic mass is 16.5. The van der Waals surface area contributed by atoms with Crippen LogP contribution < -0.4 is 20.9 Å². The minimum atomic E-state index is -0.894. The second kappa shape index (κ2) is 8.22. The molecule has 2 aromatic rings. The summed E-state index contributed by atoms with van der Waals surface area (Å²) in [6.07, 6.45) is -0.231. The number of carbonyl (C=O) groups excluding carboxylic acids is 3. The van der Waals surface area contributed by atoms with Crippen LogP contribution in [-0.2, 0) is 4.79 Å². The van der Waals surface area contributed by atoms with Crippen LogP contribution in [0.5, 0.6) is 11.5 Å². The second-order valence-corrected chi connectivity index (χ2v) is 6.51. The van der Waals surface area contributed by atoms with Crippen LogP contribution in [0.4, 0.5) is 5.69 Å². The molecule has 1 aliphatic heterocycles. The van der Waals surface area contributed by atoms with Crippen LogP contribution >= 0.6 is 0 Å². The van der Waals surface area contributed by atoms with Crippen molar-refractivity contribution in [3.63, 3.8) is 0 Å². The van der Waals surface area contributed by atoms with Crippen molar-refractivity contribution in [1.29, 1.82) is 0 Å². The van der Waals surface area contributed by atoms with Gasteiger partial charge < -0.3 is 20.9 Å². The zero-order valence-corrected chi connectivity index (χ0v) is 16.3. The molecule has 4 N–H and O–H groups in total. The molecule has 0 fully saturated rings. The van der Waals surface area contributed by atoms with E-state index in [1.807, 2.05) is 13.8 Å². The summed E-state index contributed by atoms with van der Waals surface area (Å²) in [4.78, 5) is 38.8. The van der Waals surface area contributed by atoms with Gasteiger partial charge in [-0.15, -0.1) is 0 Å². The van der Waals surface area contributed by atoms with Crippen LogP contribution in [-0.4, -0.2) is 35.8 Å². The first-order valence-electron chi connectivity index (χ1n) is 9.33. The first kappa shape index (κ1) is 20.2.